The molecule has 4 aliphatic carbocycles. The molecule has 2 heterocycles. The largest absolute Gasteiger partial charge is 0.396 e. The minimum Gasteiger partial charge on any atom is -0.396 e. The Morgan fingerprint density at radius 3 is 1.55 bits per heavy atom. The van der Waals surface area contributed by atoms with Gasteiger partial charge in [0.05, 0.1) is 83.9 Å². The van der Waals surface area contributed by atoms with Gasteiger partial charge in [0.15, 0.2) is 0 Å². The van der Waals surface area contributed by atoms with Gasteiger partial charge >= 0.3 is 0 Å². The van der Waals surface area contributed by atoms with E-state index in [4.69, 9.17) is 28.4 Å². The van der Waals surface area contributed by atoms with Crippen molar-refractivity contribution in [1.29, 1.82) is 0 Å². The molecule has 0 aromatic rings. The van der Waals surface area contributed by atoms with E-state index in [1.54, 1.807) is 0 Å². The molecule has 7 nitrogen and oxygen atoms in total. The molecular weight excluding hydrogens is 592 g/mol. The lowest BCUT2D eigenvalue weighted by atomic mass is 9.54. The molecule has 7 heteroatoms. The van der Waals surface area contributed by atoms with Crippen LogP contribution in [0.25, 0.3) is 0 Å². The third-order valence-corrected chi connectivity index (χ3v) is 14.7. The smallest absolute Gasteiger partial charge is 0.0630 e. The number of hydrogen-bond acceptors (Lipinski definition) is 7. The maximum atomic E-state index is 10.8. The highest BCUT2D eigenvalue weighted by Gasteiger charge is 2.55. The van der Waals surface area contributed by atoms with Crippen LogP contribution in [0.3, 0.4) is 0 Å². The summed E-state index contributed by atoms with van der Waals surface area (Å²) < 4.78 is 38.4. The van der Waals surface area contributed by atoms with Crippen molar-refractivity contribution in [3.8, 4) is 0 Å². The minimum atomic E-state index is -0.387. The standard InChI is InChI=1S/C40H70O7/c1-8-38(21-41,26-44-30-15-34(4)14-12-33(37(7,17-30)20-34)47-29-40(10-3)24-43-25-40)27-46-32-11-13-35(5)16-31(18-36(32,6)19-35)45-28-39(9-2)22-42-23-39/h30-33,41H,8-29H2,1-7H3. The number of aliphatic hydroxyl groups excluding tert-OH is 1. The van der Waals surface area contributed by atoms with Gasteiger partial charge in [-0.3, -0.25) is 0 Å². The molecule has 9 atom stereocenters. The van der Waals surface area contributed by atoms with E-state index in [0.29, 0.717) is 18.6 Å². The number of hydrogen-bond donors (Lipinski definition) is 1. The van der Waals surface area contributed by atoms with Gasteiger partial charge in [0.2, 0.25) is 0 Å². The van der Waals surface area contributed by atoms with E-state index in [-0.39, 0.29) is 63.5 Å². The van der Waals surface area contributed by atoms with Gasteiger partial charge in [-0.1, -0.05) is 48.5 Å². The lowest BCUT2D eigenvalue weighted by molar-refractivity contribution is -0.208. The van der Waals surface area contributed by atoms with Crippen LogP contribution in [0.15, 0.2) is 0 Å². The molecular formula is C40H70O7. The molecule has 0 aromatic carbocycles. The fourth-order valence-electron chi connectivity index (χ4n) is 11.0. The maximum Gasteiger partial charge on any atom is 0.0630 e. The van der Waals surface area contributed by atoms with Crippen LogP contribution in [0.5, 0.6) is 0 Å². The summed E-state index contributed by atoms with van der Waals surface area (Å²) in [5.74, 6) is 0. The molecule has 0 radical (unpaired) electrons. The van der Waals surface area contributed by atoms with E-state index in [1.807, 2.05) is 0 Å². The summed E-state index contributed by atoms with van der Waals surface area (Å²) in [5, 5.41) is 10.8. The number of fused-ring (bicyclic) bond motifs is 4. The van der Waals surface area contributed by atoms with Crippen LogP contribution < -0.4 is 0 Å². The van der Waals surface area contributed by atoms with E-state index in [9.17, 15) is 5.11 Å². The van der Waals surface area contributed by atoms with Gasteiger partial charge in [0.25, 0.3) is 0 Å². The molecule has 47 heavy (non-hydrogen) atoms. The molecule has 6 fully saturated rings. The van der Waals surface area contributed by atoms with Crippen LogP contribution in [-0.4, -0.2) is 89.0 Å². The van der Waals surface area contributed by atoms with Gasteiger partial charge in [-0.2, -0.15) is 0 Å². The molecule has 272 valence electrons. The van der Waals surface area contributed by atoms with E-state index in [0.717, 1.165) is 97.4 Å². The van der Waals surface area contributed by atoms with Crippen molar-refractivity contribution in [3.63, 3.8) is 0 Å². The highest BCUT2D eigenvalue weighted by molar-refractivity contribution is 5.04. The molecule has 1 N–H and O–H groups in total. The Bertz CT molecular complexity index is 1040. The third kappa shape index (κ3) is 7.53. The van der Waals surface area contributed by atoms with Crippen molar-refractivity contribution in [1.82, 2.24) is 0 Å². The zero-order valence-corrected chi connectivity index (χ0v) is 31.3. The van der Waals surface area contributed by atoms with Gasteiger partial charge in [0.1, 0.15) is 0 Å². The van der Waals surface area contributed by atoms with Crippen LogP contribution in [0.4, 0.5) is 0 Å². The molecule has 0 spiro atoms. The van der Waals surface area contributed by atoms with Crippen LogP contribution in [-0.2, 0) is 28.4 Å². The molecule has 2 aliphatic heterocycles. The Balaban J connectivity index is 1.05. The summed E-state index contributed by atoms with van der Waals surface area (Å²) >= 11 is 0. The fourth-order valence-corrected chi connectivity index (χ4v) is 11.0. The lowest BCUT2D eigenvalue weighted by Gasteiger charge is -2.56. The SMILES string of the molecule is CCC1(COC2CC3(C)CCC(OCC(CC)(CO)COC4CC5(C)CCC(OCC6(CC)COC6)C(C)(C4)C5)C(C)(C2)C3)COC1. The second-order valence-corrected chi connectivity index (χ2v) is 19.3. The lowest BCUT2D eigenvalue weighted by Crippen LogP contribution is -2.54. The van der Waals surface area contributed by atoms with Gasteiger partial charge in [0, 0.05) is 16.2 Å². The zero-order chi connectivity index (χ0) is 33.6. The van der Waals surface area contributed by atoms with Crippen molar-refractivity contribution in [2.75, 3.05) is 59.5 Å². The highest BCUT2D eigenvalue weighted by atomic mass is 16.5. The predicted octanol–water partition coefficient (Wildman–Crippen LogP) is 7.75. The van der Waals surface area contributed by atoms with E-state index >= 15 is 0 Å². The highest BCUT2D eigenvalue weighted by Crippen LogP contribution is 2.58. The van der Waals surface area contributed by atoms with E-state index < -0.39 is 0 Å². The molecule has 0 amide bonds. The third-order valence-electron chi connectivity index (χ3n) is 14.7. The molecule has 6 rings (SSSR count). The van der Waals surface area contributed by atoms with Crippen molar-refractivity contribution in [3.05, 3.63) is 0 Å². The van der Waals surface area contributed by atoms with Gasteiger partial charge < -0.3 is 33.5 Å². The average Bonchev–Trinajstić information content (AvgIpc) is 2.97. The zero-order valence-electron chi connectivity index (χ0n) is 31.3. The number of ether oxygens (including phenoxy) is 6. The first-order valence-corrected chi connectivity index (χ1v) is 19.5. The Kier molecular flexibility index (Phi) is 10.6. The summed E-state index contributed by atoms with van der Waals surface area (Å²) in [7, 11) is 0. The first kappa shape index (κ1) is 36.5. The van der Waals surface area contributed by atoms with E-state index in [2.05, 4.69) is 48.5 Å². The first-order chi connectivity index (χ1) is 22.3. The fraction of sp³-hybridized carbons (Fsp3) is 1.00. The van der Waals surface area contributed by atoms with Gasteiger partial charge in [-0.25, -0.2) is 0 Å². The monoisotopic (exact) mass is 663 g/mol. The predicted molar refractivity (Wildman–Crippen MR) is 184 cm³/mol. The average molecular weight is 663 g/mol. The molecule has 4 bridgehead atoms. The summed E-state index contributed by atoms with van der Waals surface area (Å²) in [4.78, 5) is 0. The van der Waals surface area contributed by atoms with Gasteiger partial charge in [-0.15, -0.1) is 0 Å². The van der Waals surface area contributed by atoms with Crippen LogP contribution in [0.2, 0.25) is 0 Å². The van der Waals surface area contributed by atoms with Crippen LogP contribution in [0.1, 0.15) is 132 Å². The summed E-state index contributed by atoms with van der Waals surface area (Å²) in [5.41, 5.74) is 0.844. The number of aliphatic hydroxyl groups is 1. The Hall–Kier alpha value is -0.280. The van der Waals surface area contributed by atoms with Crippen LogP contribution in [0, 0.1) is 37.9 Å². The van der Waals surface area contributed by atoms with Crippen LogP contribution >= 0.6 is 0 Å². The molecule has 2 saturated heterocycles. The number of rotatable bonds is 16. The van der Waals surface area contributed by atoms with Crippen molar-refractivity contribution >= 4 is 0 Å². The second kappa shape index (κ2) is 13.7. The van der Waals surface area contributed by atoms with Crippen molar-refractivity contribution in [2.24, 2.45) is 37.9 Å². The maximum absolute atomic E-state index is 10.8. The van der Waals surface area contributed by atoms with Crippen molar-refractivity contribution in [2.45, 2.75) is 156 Å². The van der Waals surface area contributed by atoms with E-state index in [1.165, 1.54) is 25.7 Å². The molecule has 0 aromatic heterocycles. The normalized spacial score (nSPS) is 43.4. The second-order valence-electron chi connectivity index (χ2n) is 19.3. The molecule has 9 unspecified atom stereocenters. The van der Waals surface area contributed by atoms with Crippen molar-refractivity contribution < 1.29 is 33.5 Å². The van der Waals surface area contributed by atoms with Gasteiger partial charge in [-0.05, 0) is 105 Å². The Morgan fingerprint density at radius 2 is 1.11 bits per heavy atom. The topological polar surface area (TPSA) is 75.6 Å². The minimum absolute atomic E-state index is 0.0855. The quantitative estimate of drug-likeness (QED) is 0.181. The first-order valence-electron chi connectivity index (χ1n) is 19.5. The molecule has 4 saturated carbocycles. The Morgan fingerprint density at radius 1 is 0.638 bits per heavy atom. The summed E-state index contributed by atoms with van der Waals surface area (Å²) in [6, 6.07) is 0. The summed E-state index contributed by atoms with van der Waals surface area (Å²) in [6.07, 6.45) is 15.3. The summed E-state index contributed by atoms with van der Waals surface area (Å²) in [6.45, 7) is 22.7. The molecule has 6 aliphatic rings. The Labute approximate surface area is 286 Å².